The lowest BCUT2D eigenvalue weighted by Crippen LogP contribution is -1.95. The largest absolute Gasteiger partial charge is 0.389 e. The third-order valence-corrected chi connectivity index (χ3v) is 4.37. The van der Waals surface area contributed by atoms with Gasteiger partial charge in [0.2, 0.25) is 0 Å². The molecule has 2 rings (SSSR count). The van der Waals surface area contributed by atoms with Gasteiger partial charge < -0.3 is 5.11 Å². The number of aromatic nitrogens is 1. The smallest absolute Gasteiger partial charge is 0.154 e. The van der Waals surface area contributed by atoms with Crippen LogP contribution in [0, 0.1) is 12.7 Å². The second-order valence-electron chi connectivity index (χ2n) is 3.71. The summed E-state index contributed by atoms with van der Waals surface area (Å²) in [5.74, 6) is -0.333. The van der Waals surface area contributed by atoms with Crippen LogP contribution >= 0.6 is 23.1 Å². The third kappa shape index (κ3) is 3.06. The topological polar surface area (TPSA) is 33.1 Å². The van der Waals surface area contributed by atoms with Crippen molar-refractivity contribution in [3.63, 3.8) is 0 Å². The van der Waals surface area contributed by atoms with Gasteiger partial charge in [-0.15, -0.1) is 11.3 Å². The fraction of sp³-hybridized carbons (Fsp3) is 0.250. The van der Waals surface area contributed by atoms with E-state index in [1.54, 1.807) is 24.3 Å². The first-order valence-corrected chi connectivity index (χ1v) is 6.83. The monoisotopic (exact) mass is 269 g/mol. The standard InChI is InChI=1S/C12H12FNOS2/c1-7-6-16-12(14-7)17-11-4-3-9(13)5-10(11)8(2)15/h3-6,8,15H,1-2H3/t8-/m1/s1. The molecule has 0 radical (unpaired) electrons. The van der Waals surface area contributed by atoms with Crippen LogP contribution in [0.25, 0.3) is 0 Å². The Morgan fingerprint density at radius 1 is 1.47 bits per heavy atom. The summed E-state index contributed by atoms with van der Waals surface area (Å²) in [6.07, 6.45) is -0.686. The molecular weight excluding hydrogens is 257 g/mol. The minimum atomic E-state index is -0.686. The second kappa shape index (κ2) is 5.16. The van der Waals surface area contributed by atoms with Gasteiger partial charge in [-0.25, -0.2) is 9.37 Å². The molecule has 0 saturated carbocycles. The Kier molecular flexibility index (Phi) is 3.81. The van der Waals surface area contributed by atoms with E-state index in [0.717, 1.165) is 14.9 Å². The van der Waals surface area contributed by atoms with Gasteiger partial charge in [-0.05, 0) is 37.6 Å². The summed E-state index contributed by atoms with van der Waals surface area (Å²) in [5, 5.41) is 11.6. The van der Waals surface area contributed by atoms with Crippen LogP contribution in [0.4, 0.5) is 4.39 Å². The molecule has 1 aromatic carbocycles. The molecule has 0 saturated heterocycles. The van der Waals surface area contributed by atoms with E-state index < -0.39 is 6.10 Å². The van der Waals surface area contributed by atoms with Gasteiger partial charge in [-0.1, -0.05) is 11.8 Å². The van der Waals surface area contributed by atoms with Crippen LogP contribution in [-0.2, 0) is 0 Å². The van der Waals surface area contributed by atoms with Crippen molar-refractivity contribution >= 4 is 23.1 Å². The van der Waals surface area contributed by atoms with Gasteiger partial charge >= 0.3 is 0 Å². The molecule has 1 heterocycles. The fourth-order valence-corrected chi connectivity index (χ4v) is 3.40. The lowest BCUT2D eigenvalue weighted by Gasteiger charge is -2.10. The van der Waals surface area contributed by atoms with E-state index in [1.165, 1.54) is 23.9 Å². The first kappa shape index (κ1) is 12.5. The number of halogens is 1. The lowest BCUT2D eigenvalue weighted by atomic mass is 10.1. The predicted octanol–water partition coefficient (Wildman–Crippen LogP) is 3.80. The number of rotatable bonds is 3. The zero-order chi connectivity index (χ0) is 12.4. The first-order valence-electron chi connectivity index (χ1n) is 5.14. The van der Waals surface area contributed by atoms with Crippen molar-refractivity contribution in [3.8, 4) is 0 Å². The molecule has 17 heavy (non-hydrogen) atoms. The summed E-state index contributed by atoms with van der Waals surface area (Å²) in [5.41, 5.74) is 1.57. The average Bonchev–Trinajstić information content (AvgIpc) is 2.66. The van der Waals surface area contributed by atoms with Crippen LogP contribution in [0.5, 0.6) is 0 Å². The van der Waals surface area contributed by atoms with Gasteiger partial charge in [0.05, 0.1) is 6.10 Å². The molecule has 1 N–H and O–H groups in total. The highest BCUT2D eigenvalue weighted by molar-refractivity contribution is 8.01. The van der Waals surface area contributed by atoms with Crippen molar-refractivity contribution in [1.29, 1.82) is 0 Å². The Morgan fingerprint density at radius 3 is 2.82 bits per heavy atom. The van der Waals surface area contributed by atoms with Gasteiger partial charge in [0.25, 0.3) is 0 Å². The summed E-state index contributed by atoms with van der Waals surface area (Å²) in [6.45, 7) is 3.56. The Bertz CT molecular complexity index is 525. The number of aliphatic hydroxyl groups is 1. The molecule has 0 unspecified atom stereocenters. The molecule has 0 aliphatic carbocycles. The highest BCUT2D eigenvalue weighted by Gasteiger charge is 2.12. The van der Waals surface area contributed by atoms with Crippen molar-refractivity contribution < 1.29 is 9.50 Å². The number of hydrogen-bond donors (Lipinski definition) is 1. The molecule has 0 bridgehead atoms. The summed E-state index contributed by atoms with van der Waals surface area (Å²) in [7, 11) is 0. The molecule has 0 aliphatic heterocycles. The van der Waals surface area contributed by atoms with E-state index >= 15 is 0 Å². The maximum atomic E-state index is 13.1. The zero-order valence-electron chi connectivity index (χ0n) is 9.48. The molecule has 1 aromatic heterocycles. The van der Waals surface area contributed by atoms with Crippen molar-refractivity contribution in [1.82, 2.24) is 4.98 Å². The zero-order valence-corrected chi connectivity index (χ0v) is 11.1. The van der Waals surface area contributed by atoms with Gasteiger partial charge in [-0.2, -0.15) is 0 Å². The molecule has 1 atom stereocenters. The summed E-state index contributed by atoms with van der Waals surface area (Å²) in [6, 6.07) is 4.45. The SMILES string of the molecule is Cc1csc(Sc2ccc(F)cc2[C@@H](C)O)n1. The van der Waals surface area contributed by atoms with Crippen LogP contribution in [0.2, 0.25) is 0 Å². The van der Waals surface area contributed by atoms with Gasteiger partial charge in [-0.3, -0.25) is 0 Å². The van der Waals surface area contributed by atoms with Crippen LogP contribution in [0.1, 0.15) is 24.3 Å². The summed E-state index contributed by atoms with van der Waals surface area (Å²) in [4.78, 5) is 5.18. The van der Waals surface area contributed by atoms with Crippen LogP contribution in [0.15, 0.2) is 32.8 Å². The van der Waals surface area contributed by atoms with Crippen molar-refractivity contribution in [2.45, 2.75) is 29.2 Å². The number of aliphatic hydroxyl groups excluding tert-OH is 1. The summed E-state index contributed by atoms with van der Waals surface area (Å²) >= 11 is 3.00. The van der Waals surface area contributed by atoms with E-state index in [0.29, 0.717) is 5.56 Å². The Hall–Kier alpha value is -0.910. The van der Waals surface area contributed by atoms with E-state index in [1.807, 2.05) is 12.3 Å². The molecular formula is C12H12FNOS2. The van der Waals surface area contributed by atoms with Crippen LogP contribution in [0.3, 0.4) is 0 Å². The van der Waals surface area contributed by atoms with E-state index in [-0.39, 0.29) is 5.82 Å². The molecule has 0 amide bonds. The average molecular weight is 269 g/mol. The molecule has 2 aromatic rings. The van der Waals surface area contributed by atoms with Crippen LogP contribution in [-0.4, -0.2) is 10.1 Å². The van der Waals surface area contributed by atoms with Gasteiger partial charge in [0.1, 0.15) is 5.82 Å². The summed E-state index contributed by atoms with van der Waals surface area (Å²) < 4.78 is 14.0. The van der Waals surface area contributed by atoms with Crippen molar-refractivity contribution in [2.75, 3.05) is 0 Å². The maximum absolute atomic E-state index is 13.1. The molecule has 0 aliphatic rings. The van der Waals surface area contributed by atoms with Gasteiger partial charge in [0.15, 0.2) is 4.34 Å². The Morgan fingerprint density at radius 2 is 2.24 bits per heavy atom. The third-order valence-electron chi connectivity index (χ3n) is 2.22. The van der Waals surface area contributed by atoms with Crippen LogP contribution < -0.4 is 0 Å². The number of thiazole rings is 1. The number of aryl methyl sites for hydroxylation is 1. The Balaban J connectivity index is 2.32. The quantitative estimate of drug-likeness (QED) is 0.920. The van der Waals surface area contributed by atoms with Crippen molar-refractivity contribution in [3.05, 3.63) is 40.7 Å². The van der Waals surface area contributed by atoms with Gasteiger partial charge in [0, 0.05) is 16.0 Å². The van der Waals surface area contributed by atoms with E-state index in [2.05, 4.69) is 4.98 Å². The van der Waals surface area contributed by atoms with Crippen molar-refractivity contribution in [2.24, 2.45) is 0 Å². The molecule has 0 spiro atoms. The number of nitrogens with zero attached hydrogens (tertiary/aromatic N) is 1. The highest BCUT2D eigenvalue weighted by Crippen LogP contribution is 2.35. The van der Waals surface area contributed by atoms with E-state index in [4.69, 9.17) is 0 Å². The Labute approximate surface area is 108 Å². The maximum Gasteiger partial charge on any atom is 0.154 e. The predicted molar refractivity (Wildman–Crippen MR) is 68.0 cm³/mol. The minimum absolute atomic E-state index is 0.333. The first-order chi connectivity index (χ1) is 8.06. The van der Waals surface area contributed by atoms with E-state index in [9.17, 15) is 9.50 Å². The minimum Gasteiger partial charge on any atom is -0.389 e. The molecule has 90 valence electrons. The lowest BCUT2D eigenvalue weighted by molar-refractivity contribution is 0.196. The molecule has 5 heteroatoms. The molecule has 0 fully saturated rings. The normalized spacial score (nSPS) is 12.7. The fourth-order valence-electron chi connectivity index (χ4n) is 1.41. The second-order valence-corrected chi connectivity index (χ2v) is 5.86. The number of hydrogen-bond acceptors (Lipinski definition) is 4. The number of benzene rings is 1. The molecule has 2 nitrogen and oxygen atoms in total. The highest BCUT2D eigenvalue weighted by atomic mass is 32.2.